The molecule has 14 nitrogen and oxygen atoms in total. The van der Waals surface area contributed by atoms with Crippen LogP contribution in [0, 0.1) is 0 Å². The van der Waals surface area contributed by atoms with Gasteiger partial charge in [0.2, 0.25) is 5.88 Å². The quantitative estimate of drug-likeness (QED) is 0.0871. The molecule has 0 aliphatic rings. The molecule has 198 valence electrons. The third kappa shape index (κ3) is 9.80. The van der Waals surface area contributed by atoms with Crippen molar-refractivity contribution in [1.82, 2.24) is 14.9 Å². The SMILES string of the molecule is OC[C@@H](O)[C@@H](O)[C@H](O)[C@@H](O)CN(CCOc1cnc(CS)cn1)C[C@H](O)[C@@H](O)[C@H](O)[C@H](O)CO. The van der Waals surface area contributed by atoms with Crippen LogP contribution in [0.5, 0.6) is 5.88 Å². The van der Waals surface area contributed by atoms with Gasteiger partial charge in [-0.2, -0.15) is 12.6 Å². The van der Waals surface area contributed by atoms with Crippen LogP contribution in [0.1, 0.15) is 5.69 Å². The van der Waals surface area contributed by atoms with E-state index in [1.165, 1.54) is 17.3 Å². The van der Waals surface area contributed by atoms with Crippen LogP contribution in [0.2, 0.25) is 0 Å². The first-order chi connectivity index (χ1) is 16.0. The molecule has 0 saturated carbocycles. The second-order valence-corrected chi connectivity index (χ2v) is 8.03. The zero-order valence-electron chi connectivity index (χ0n) is 18.4. The van der Waals surface area contributed by atoms with Crippen molar-refractivity contribution in [2.24, 2.45) is 0 Å². The summed E-state index contributed by atoms with van der Waals surface area (Å²) in [6.45, 7) is -2.57. The number of aromatic nitrogens is 2. The summed E-state index contributed by atoms with van der Waals surface area (Å²) in [6, 6.07) is 0. The molecule has 1 heterocycles. The topological polar surface area (TPSA) is 241 Å². The van der Waals surface area contributed by atoms with Gasteiger partial charge in [0, 0.05) is 25.4 Å². The summed E-state index contributed by atoms with van der Waals surface area (Å²) in [4.78, 5) is 9.40. The Labute approximate surface area is 201 Å². The zero-order chi connectivity index (χ0) is 25.8. The Morgan fingerprint density at radius 3 is 1.59 bits per heavy atom. The predicted octanol–water partition coefficient (Wildman–Crippen LogP) is -5.54. The van der Waals surface area contributed by atoms with Crippen LogP contribution >= 0.6 is 12.6 Å². The third-order valence-electron chi connectivity index (χ3n) is 5.04. The van der Waals surface area contributed by atoms with E-state index in [0.29, 0.717) is 11.4 Å². The minimum atomic E-state index is -1.87. The minimum Gasteiger partial charge on any atom is -0.475 e. The summed E-state index contributed by atoms with van der Waals surface area (Å²) in [5.74, 6) is 0.560. The number of nitrogens with zero attached hydrogens (tertiary/aromatic N) is 3. The Balaban J connectivity index is 2.83. The molecule has 34 heavy (non-hydrogen) atoms. The average molecular weight is 514 g/mol. The molecule has 0 amide bonds. The number of rotatable bonds is 17. The lowest BCUT2D eigenvalue weighted by Crippen LogP contribution is -2.53. The molecule has 1 aromatic rings. The van der Waals surface area contributed by atoms with E-state index in [2.05, 4.69) is 22.6 Å². The van der Waals surface area contributed by atoms with Crippen molar-refractivity contribution in [3.63, 3.8) is 0 Å². The summed E-state index contributed by atoms with van der Waals surface area (Å²) in [7, 11) is 0. The Morgan fingerprint density at radius 2 is 1.21 bits per heavy atom. The fourth-order valence-electron chi connectivity index (χ4n) is 2.91. The smallest absolute Gasteiger partial charge is 0.232 e. The van der Waals surface area contributed by atoms with E-state index >= 15 is 0 Å². The Kier molecular flexibility index (Phi) is 14.2. The van der Waals surface area contributed by atoms with Crippen molar-refractivity contribution < 1.29 is 55.8 Å². The fraction of sp³-hybridized carbons (Fsp3) is 0.789. The van der Waals surface area contributed by atoms with Crippen molar-refractivity contribution in [1.29, 1.82) is 0 Å². The highest BCUT2D eigenvalue weighted by atomic mass is 32.1. The van der Waals surface area contributed by atoms with Gasteiger partial charge in [-0.15, -0.1) is 0 Å². The number of aliphatic hydroxyl groups is 10. The van der Waals surface area contributed by atoms with Gasteiger partial charge in [0.1, 0.15) is 43.2 Å². The molecule has 0 saturated heterocycles. The highest BCUT2D eigenvalue weighted by molar-refractivity contribution is 7.79. The van der Waals surface area contributed by atoms with Gasteiger partial charge in [0.15, 0.2) is 0 Å². The monoisotopic (exact) mass is 513 g/mol. The van der Waals surface area contributed by atoms with Crippen LogP contribution in [-0.2, 0) is 5.75 Å². The van der Waals surface area contributed by atoms with E-state index in [4.69, 9.17) is 14.9 Å². The van der Waals surface area contributed by atoms with Gasteiger partial charge in [0.05, 0.1) is 43.5 Å². The summed E-state index contributed by atoms with van der Waals surface area (Å²) >= 11 is 4.07. The van der Waals surface area contributed by atoms with Crippen molar-refractivity contribution >= 4 is 12.6 Å². The van der Waals surface area contributed by atoms with Crippen LogP contribution in [0.25, 0.3) is 0 Å². The average Bonchev–Trinajstić information content (AvgIpc) is 2.85. The van der Waals surface area contributed by atoms with Crippen molar-refractivity contribution in [2.45, 2.75) is 54.6 Å². The molecule has 0 aliphatic carbocycles. The molecule has 10 N–H and O–H groups in total. The molecule has 0 aliphatic heterocycles. The summed E-state index contributed by atoms with van der Waals surface area (Å²) in [6.07, 6.45) is -11.4. The van der Waals surface area contributed by atoms with Gasteiger partial charge in [-0.25, -0.2) is 4.98 Å². The standard InChI is InChI=1S/C19H35N3O11S/c23-7-13(27)18(31)16(29)11(25)5-22(6-12(26)17(30)19(32)14(28)8-24)1-2-33-15-4-20-10(9-34)3-21-15/h3-4,11-14,16-19,23-32,34H,1-2,5-9H2/t11-,12-,13+,14+,16+,17+,18+,19+/m0/s1. The second-order valence-electron chi connectivity index (χ2n) is 7.71. The first kappa shape index (κ1) is 30.8. The summed E-state index contributed by atoms with van der Waals surface area (Å²) in [5, 5.41) is 97.1. The molecule has 0 bridgehead atoms. The van der Waals surface area contributed by atoms with E-state index in [0.717, 1.165) is 0 Å². The molecule has 15 heteroatoms. The fourth-order valence-corrected chi connectivity index (χ4v) is 3.07. The van der Waals surface area contributed by atoms with Crippen LogP contribution in [0.3, 0.4) is 0 Å². The highest BCUT2D eigenvalue weighted by Gasteiger charge is 2.34. The Hall–Kier alpha value is -1.21. The van der Waals surface area contributed by atoms with Gasteiger partial charge in [0.25, 0.3) is 0 Å². The lowest BCUT2D eigenvalue weighted by atomic mass is 10.0. The third-order valence-corrected chi connectivity index (χ3v) is 5.37. The van der Waals surface area contributed by atoms with E-state index in [9.17, 15) is 40.9 Å². The zero-order valence-corrected chi connectivity index (χ0v) is 19.3. The Bertz CT molecular complexity index is 647. The molecule has 0 aromatic carbocycles. The molecule has 1 rings (SSSR count). The maximum Gasteiger partial charge on any atom is 0.232 e. The summed E-state index contributed by atoms with van der Waals surface area (Å²) in [5.41, 5.74) is 0.624. The van der Waals surface area contributed by atoms with Gasteiger partial charge in [-0.3, -0.25) is 9.88 Å². The molecule has 0 fully saturated rings. The maximum atomic E-state index is 10.3. The maximum absolute atomic E-state index is 10.3. The molecule has 8 atom stereocenters. The van der Waals surface area contributed by atoms with Crippen molar-refractivity contribution in [3.8, 4) is 5.88 Å². The lowest BCUT2D eigenvalue weighted by molar-refractivity contribution is -0.130. The lowest BCUT2D eigenvalue weighted by Gasteiger charge is -2.33. The summed E-state index contributed by atoms with van der Waals surface area (Å²) < 4.78 is 5.45. The largest absolute Gasteiger partial charge is 0.475 e. The van der Waals surface area contributed by atoms with Gasteiger partial charge < -0.3 is 55.8 Å². The van der Waals surface area contributed by atoms with E-state index < -0.39 is 75.1 Å². The highest BCUT2D eigenvalue weighted by Crippen LogP contribution is 2.11. The van der Waals surface area contributed by atoms with Gasteiger partial charge in [-0.1, -0.05) is 0 Å². The first-order valence-electron chi connectivity index (χ1n) is 10.5. The van der Waals surface area contributed by atoms with Crippen LogP contribution in [-0.4, -0.2) is 154 Å². The van der Waals surface area contributed by atoms with Crippen LogP contribution in [0.15, 0.2) is 12.4 Å². The van der Waals surface area contributed by atoms with Crippen molar-refractivity contribution in [3.05, 3.63) is 18.1 Å². The molecular formula is C19H35N3O11S. The van der Waals surface area contributed by atoms with E-state index in [1.807, 2.05) is 0 Å². The molecule has 1 aromatic heterocycles. The minimum absolute atomic E-state index is 0.0130. The number of hydrogen-bond donors (Lipinski definition) is 11. The molecule has 0 spiro atoms. The first-order valence-corrected chi connectivity index (χ1v) is 11.1. The number of thiol groups is 1. The molecule has 0 radical (unpaired) electrons. The Morgan fingerprint density at radius 1 is 0.735 bits per heavy atom. The van der Waals surface area contributed by atoms with Gasteiger partial charge in [-0.05, 0) is 0 Å². The van der Waals surface area contributed by atoms with Crippen LogP contribution < -0.4 is 4.74 Å². The normalized spacial score (nSPS) is 19.2. The van der Waals surface area contributed by atoms with E-state index in [-0.39, 0.29) is 19.0 Å². The number of ether oxygens (including phenoxy) is 1. The van der Waals surface area contributed by atoms with Gasteiger partial charge >= 0.3 is 0 Å². The van der Waals surface area contributed by atoms with E-state index in [1.54, 1.807) is 0 Å². The van der Waals surface area contributed by atoms with Crippen molar-refractivity contribution in [2.75, 3.05) is 39.5 Å². The molecule has 0 unspecified atom stereocenters. The second kappa shape index (κ2) is 15.7. The number of aliphatic hydroxyl groups excluding tert-OH is 10. The van der Waals surface area contributed by atoms with Crippen LogP contribution in [0.4, 0.5) is 0 Å². The molecular weight excluding hydrogens is 478 g/mol. The predicted molar refractivity (Wildman–Crippen MR) is 119 cm³/mol. The number of hydrogen-bond acceptors (Lipinski definition) is 15.